The molecule has 0 aromatic carbocycles. The van der Waals surface area contributed by atoms with Gasteiger partial charge in [-0.25, -0.2) is 0 Å². The van der Waals surface area contributed by atoms with Crippen LogP contribution in [0.5, 0.6) is 0 Å². The van der Waals surface area contributed by atoms with Crippen LogP contribution in [-0.2, 0) is 18.0 Å². The van der Waals surface area contributed by atoms with E-state index < -0.39 is 8.80 Å². The second kappa shape index (κ2) is 6.47. The number of ether oxygens (including phenoxy) is 1. The summed E-state index contributed by atoms with van der Waals surface area (Å²) in [5, 5.41) is 8.08. The maximum absolute atomic E-state index is 8.08. The van der Waals surface area contributed by atoms with Gasteiger partial charge in [0, 0.05) is 27.9 Å². The number of aliphatic hydroxyl groups is 1. The second-order valence-corrected chi connectivity index (χ2v) is 5.56. The van der Waals surface area contributed by atoms with Gasteiger partial charge in [-0.2, -0.15) is 0 Å². The molecule has 13 heavy (non-hydrogen) atoms. The molecule has 1 aliphatic rings. The summed E-state index contributed by atoms with van der Waals surface area (Å²) in [4.78, 5) is 0. The van der Waals surface area contributed by atoms with Crippen LogP contribution in [-0.4, -0.2) is 54.6 Å². The van der Waals surface area contributed by atoms with Crippen molar-refractivity contribution in [2.45, 2.75) is 12.7 Å². The first-order valence-electron chi connectivity index (χ1n) is 3.99. The molecule has 1 aliphatic heterocycles. The maximum atomic E-state index is 8.08. The summed E-state index contributed by atoms with van der Waals surface area (Å²) in [5.41, 5.74) is 0. The summed E-state index contributed by atoms with van der Waals surface area (Å²) in [6.45, 7) is 2.78. The zero-order valence-corrected chi connectivity index (χ0v) is 9.57. The van der Waals surface area contributed by atoms with E-state index in [2.05, 4.69) is 4.74 Å². The van der Waals surface area contributed by atoms with Crippen LogP contribution in [0.15, 0.2) is 0 Å². The second-order valence-electron chi connectivity index (χ2n) is 2.61. The van der Waals surface area contributed by atoms with Crippen molar-refractivity contribution in [2.24, 2.45) is 0 Å². The zero-order valence-electron chi connectivity index (χ0n) is 8.57. The van der Waals surface area contributed by atoms with Gasteiger partial charge < -0.3 is 23.1 Å². The first-order valence-corrected chi connectivity index (χ1v) is 6.22. The van der Waals surface area contributed by atoms with Gasteiger partial charge in [0.15, 0.2) is 0 Å². The molecule has 0 aliphatic carbocycles. The fourth-order valence-electron chi connectivity index (χ4n) is 0.423. The molecule has 1 saturated heterocycles. The largest absolute Gasteiger partial charge is 0.496 e. The van der Waals surface area contributed by atoms with Crippen LogP contribution >= 0.6 is 0 Å². The quantitative estimate of drug-likeness (QED) is 0.517. The van der Waals surface area contributed by atoms with E-state index >= 15 is 0 Å². The monoisotopic (exact) mass is 210 g/mol. The van der Waals surface area contributed by atoms with E-state index in [1.807, 2.05) is 6.55 Å². The van der Waals surface area contributed by atoms with Gasteiger partial charge in [-0.3, -0.25) is 0 Å². The number of rotatable bonds is 4. The molecule has 1 heterocycles. The van der Waals surface area contributed by atoms with E-state index in [0.29, 0.717) is 0 Å². The van der Waals surface area contributed by atoms with E-state index in [-0.39, 0.29) is 12.7 Å². The van der Waals surface area contributed by atoms with E-state index in [9.17, 15) is 0 Å². The highest BCUT2D eigenvalue weighted by molar-refractivity contribution is 6.58. The van der Waals surface area contributed by atoms with Crippen LogP contribution in [0, 0.1) is 0 Å². The van der Waals surface area contributed by atoms with Crippen molar-refractivity contribution >= 4 is 8.80 Å². The molecule has 6 heteroatoms. The molecule has 1 N–H and O–H groups in total. The number of epoxide rings is 1. The van der Waals surface area contributed by atoms with Crippen LogP contribution in [0.2, 0.25) is 6.55 Å². The molecule has 1 rings (SSSR count). The van der Waals surface area contributed by atoms with Crippen LogP contribution in [0.3, 0.4) is 0 Å². The molecule has 1 unspecified atom stereocenters. The van der Waals surface area contributed by atoms with Crippen molar-refractivity contribution in [3.63, 3.8) is 0 Å². The third-order valence-corrected chi connectivity index (χ3v) is 3.94. The van der Waals surface area contributed by atoms with Gasteiger partial charge in [0.2, 0.25) is 0 Å². The lowest BCUT2D eigenvalue weighted by molar-refractivity contribution is 0.132. The molecule has 5 nitrogen and oxygen atoms in total. The molecule has 0 spiro atoms. The minimum atomic E-state index is -2.17. The normalized spacial score (nSPS) is 20.5. The summed E-state index contributed by atoms with van der Waals surface area (Å²) < 4.78 is 19.4. The highest BCUT2D eigenvalue weighted by Crippen LogP contribution is 2.05. The van der Waals surface area contributed by atoms with Crippen molar-refractivity contribution in [1.29, 1.82) is 0 Å². The molecule has 1 atom stereocenters. The summed E-state index contributed by atoms with van der Waals surface area (Å²) in [6.07, 6.45) is 0.190. The lowest BCUT2D eigenvalue weighted by Crippen LogP contribution is -2.38. The molecular formula is C7H18O5Si. The van der Waals surface area contributed by atoms with Crippen molar-refractivity contribution in [1.82, 2.24) is 0 Å². The van der Waals surface area contributed by atoms with Crippen LogP contribution < -0.4 is 0 Å². The van der Waals surface area contributed by atoms with Crippen molar-refractivity contribution < 1.29 is 23.1 Å². The van der Waals surface area contributed by atoms with E-state index in [4.69, 9.17) is 18.4 Å². The lowest BCUT2D eigenvalue weighted by Gasteiger charge is -2.18. The molecule has 0 saturated carbocycles. The van der Waals surface area contributed by atoms with Crippen LogP contribution in [0.1, 0.15) is 0 Å². The lowest BCUT2D eigenvalue weighted by atomic mass is 10.5. The van der Waals surface area contributed by atoms with E-state index in [0.717, 1.165) is 6.61 Å². The SMILES string of the molecule is CO[Si](C)(OC)OC.OCC1CO1. The molecule has 1 fully saturated rings. The predicted octanol–water partition coefficient (Wildman–Crippen LogP) is -0.128. The zero-order chi connectivity index (χ0) is 10.3. The van der Waals surface area contributed by atoms with Gasteiger partial charge in [0.1, 0.15) is 6.10 Å². The van der Waals surface area contributed by atoms with Crippen molar-refractivity contribution in [3.8, 4) is 0 Å². The number of aliphatic hydroxyl groups excluding tert-OH is 1. The Kier molecular flexibility index (Phi) is 6.48. The van der Waals surface area contributed by atoms with Crippen molar-refractivity contribution in [3.05, 3.63) is 0 Å². The molecule has 0 bridgehead atoms. The molecule has 0 aromatic heterocycles. The summed E-state index contributed by atoms with van der Waals surface area (Å²) in [6, 6.07) is 0. The van der Waals surface area contributed by atoms with Crippen LogP contribution in [0.25, 0.3) is 0 Å². The van der Waals surface area contributed by atoms with Gasteiger partial charge in [-0.1, -0.05) is 0 Å². The average Bonchev–Trinajstić information content (AvgIpc) is 3.01. The molecule has 0 amide bonds. The smallest absolute Gasteiger partial charge is 0.394 e. The van der Waals surface area contributed by atoms with Gasteiger partial charge in [0.25, 0.3) is 0 Å². The van der Waals surface area contributed by atoms with Crippen LogP contribution in [0.4, 0.5) is 0 Å². The van der Waals surface area contributed by atoms with E-state index in [1.165, 1.54) is 0 Å². The number of hydrogen-bond donors (Lipinski definition) is 1. The fraction of sp³-hybridized carbons (Fsp3) is 1.00. The minimum Gasteiger partial charge on any atom is -0.394 e. The minimum absolute atomic E-state index is 0.190. The Morgan fingerprint density at radius 2 is 1.69 bits per heavy atom. The Hall–Kier alpha value is 0.0169. The van der Waals surface area contributed by atoms with Gasteiger partial charge >= 0.3 is 8.80 Å². The Morgan fingerprint density at radius 3 is 1.69 bits per heavy atom. The number of hydrogen-bond acceptors (Lipinski definition) is 5. The first kappa shape index (κ1) is 13.0. The summed E-state index contributed by atoms with van der Waals surface area (Å²) in [7, 11) is 2.58. The van der Waals surface area contributed by atoms with Crippen molar-refractivity contribution in [2.75, 3.05) is 34.5 Å². The molecule has 0 aromatic rings. The summed E-state index contributed by atoms with van der Waals surface area (Å²) >= 11 is 0. The van der Waals surface area contributed by atoms with E-state index in [1.54, 1.807) is 21.3 Å². The standard InChI is InChI=1S/C4H12O3Si.C3H6O2/c1-5-8(4,6-2)7-3;4-1-3-2-5-3/h1-4H3;3-4H,1-2H2. The predicted molar refractivity (Wildman–Crippen MR) is 49.5 cm³/mol. The Bertz CT molecular complexity index is 116. The fourth-order valence-corrected chi connectivity index (χ4v) is 0.923. The third-order valence-electron chi connectivity index (χ3n) is 1.72. The van der Waals surface area contributed by atoms with Gasteiger partial charge in [-0.15, -0.1) is 0 Å². The average molecular weight is 210 g/mol. The summed E-state index contributed by atoms with van der Waals surface area (Å²) in [5.74, 6) is 0. The molecular weight excluding hydrogens is 192 g/mol. The third kappa shape index (κ3) is 6.14. The Balaban J connectivity index is 0.000000243. The topological polar surface area (TPSA) is 60.5 Å². The van der Waals surface area contributed by atoms with Gasteiger partial charge in [0.05, 0.1) is 13.2 Å². The van der Waals surface area contributed by atoms with Gasteiger partial charge in [-0.05, 0) is 0 Å². The maximum Gasteiger partial charge on any atom is 0.496 e. The molecule has 80 valence electrons. The molecule has 0 radical (unpaired) electrons. The highest BCUT2D eigenvalue weighted by atomic mass is 28.4. The Labute approximate surface area is 79.9 Å². The first-order chi connectivity index (χ1) is 6.11. The Morgan fingerprint density at radius 1 is 1.31 bits per heavy atom. The highest BCUT2D eigenvalue weighted by Gasteiger charge is 2.29.